The van der Waals surface area contributed by atoms with Gasteiger partial charge in [0.05, 0.1) is 55.2 Å². The van der Waals surface area contributed by atoms with E-state index in [1.807, 2.05) is 75.5 Å². The van der Waals surface area contributed by atoms with Gasteiger partial charge >= 0.3 is 6.03 Å². The molecule has 2 aliphatic heterocycles. The number of aliphatic hydroxyl groups excluding tert-OH is 1. The number of likely N-dealkylation sites (N-methyl/N-ethyl adjacent to an activating group) is 1. The Kier molecular flexibility index (Phi) is 19.4. The van der Waals surface area contributed by atoms with Crippen LogP contribution >= 0.6 is 11.3 Å². The smallest absolute Gasteiger partial charge is 0.323 e. The Labute approximate surface area is 460 Å². The summed E-state index contributed by atoms with van der Waals surface area (Å²) in [6.45, 7) is 11.4. The Morgan fingerprint density at radius 2 is 1.60 bits per heavy atom. The largest absolute Gasteiger partial charge is 0.391 e. The third-order valence-electron chi connectivity index (χ3n) is 13.7. The molecule has 3 aromatic heterocycles. The highest BCUT2D eigenvalue weighted by Gasteiger charge is 2.44. The zero-order valence-corrected chi connectivity index (χ0v) is 46.5. The molecular formula is C58H73N11O8S. The molecule has 19 nitrogen and oxygen atoms in total. The molecule has 0 spiro atoms. The summed E-state index contributed by atoms with van der Waals surface area (Å²) in [6, 6.07) is 26.3. The first kappa shape index (κ1) is 57.1. The molecule has 4 unspecified atom stereocenters. The molecule has 4 atom stereocenters. The number of nitrogens with zero attached hydrogens (tertiary/aromatic N) is 7. The number of H-pyrrole nitrogens is 1. The van der Waals surface area contributed by atoms with E-state index in [0.717, 1.165) is 74.8 Å². The van der Waals surface area contributed by atoms with Crippen molar-refractivity contribution in [3.63, 3.8) is 0 Å². The Morgan fingerprint density at radius 3 is 2.31 bits per heavy atom. The molecule has 414 valence electrons. The number of amides is 5. The van der Waals surface area contributed by atoms with Crippen molar-refractivity contribution in [1.29, 1.82) is 0 Å². The average Bonchev–Trinajstić information content (AvgIpc) is 4.31. The van der Waals surface area contributed by atoms with E-state index < -0.39 is 29.5 Å². The van der Waals surface area contributed by atoms with Gasteiger partial charge in [-0.05, 0) is 90.1 Å². The molecule has 0 aliphatic carbocycles. The van der Waals surface area contributed by atoms with Crippen LogP contribution in [0.5, 0.6) is 0 Å². The minimum atomic E-state index is -0.947. The van der Waals surface area contributed by atoms with E-state index in [-0.39, 0.29) is 89.5 Å². The van der Waals surface area contributed by atoms with E-state index in [9.17, 15) is 24.3 Å². The second-order valence-corrected chi connectivity index (χ2v) is 22.0. The molecule has 8 rings (SSSR count). The molecule has 0 saturated carbocycles. The van der Waals surface area contributed by atoms with Crippen LogP contribution in [0.3, 0.4) is 0 Å². The lowest BCUT2D eigenvalue weighted by atomic mass is 9.85. The molecular weight excluding hydrogens is 1010 g/mol. The lowest BCUT2D eigenvalue weighted by molar-refractivity contribution is -0.144. The average molecular weight is 1080 g/mol. The molecule has 5 N–H and O–H groups in total. The molecule has 20 heteroatoms. The summed E-state index contributed by atoms with van der Waals surface area (Å²) in [7, 11) is 5.78. The Morgan fingerprint density at radius 1 is 0.872 bits per heavy atom. The number of nitrogens with one attached hydrogen (secondary N) is 4. The first-order valence-corrected chi connectivity index (χ1v) is 27.4. The topological polar surface area (TPSA) is 219 Å². The van der Waals surface area contributed by atoms with Crippen molar-refractivity contribution in [2.75, 3.05) is 85.9 Å². The van der Waals surface area contributed by atoms with Crippen molar-refractivity contribution in [3.05, 3.63) is 125 Å². The van der Waals surface area contributed by atoms with Crippen molar-refractivity contribution in [2.45, 2.75) is 77.7 Å². The predicted octanol–water partition coefficient (Wildman–Crippen LogP) is 6.91. The zero-order valence-electron chi connectivity index (χ0n) is 45.7. The molecule has 1 fully saturated rings. The lowest BCUT2D eigenvalue weighted by Gasteiger charge is -2.35. The maximum atomic E-state index is 14.0. The van der Waals surface area contributed by atoms with Gasteiger partial charge in [0.25, 0.3) is 0 Å². The molecule has 5 amide bonds. The van der Waals surface area contributed by atoms with Crippen molar-refractivity contribution < 1.29 is 38.5 Å². The number of ether oxygens (including phenoxy) is 3. The van der Waals surface area contributed by atoms with Gasteiger partial charge in [0, 0.05) is 87.7 Å². The Balaban J connectivity index is 0.719. The number of pyridine rings is 1. The van der Waals surface area contributed by atoms with Gasteiger partial charge in [0.1, 0.15) is 24.5 Å². The summed E-state index contributed by atoms with van der Waals surface area (Å²) in [5.41, 5.74) is 10.9. The third-order valence-corrected chi connectivity index (χ3v) is 14.5. The summed E-state index contributed by atoms with van der Waals surface area (Å²) in [5.74, 6) is -1.17. The van der Waals surface area contributed by atoms with Gasteiger partial charge in [0.15, 0.2) is 0 Å². The van der Waals surface area contributed by atoms with E-state index in [2.05, 4.69) is 93.2 Å². The number of β-amino-alcohol motifs (C(OH)–C–C–N with tert-alkyl or cyclic N) is 1. The number of rotatable bonds is 24. The first-order chi connectivity index (χ1) is 37.5. The maximum absolute atomic E-state index is 14.0. The fourth-order valence-electron chi connectivity index (χ4n) is 9.59. The van der Waals surface area contributed by atoms with Crippen LogP contribution < -0.4 is 16.0 Å². The van der Waals surface area contributed by atoms with Crippen LogP contribution in [0.15, 0.2) is 108 Å². The van der Waals surface area contributed by atoms with Crippen LogP contribution in [-0.4, -0.2) is 168 Å². The fourth-order valence-corrected chi connectivity index (χ4v) is 10.2. The highest BCUT2D eigenvalue weighted by molar-refractivity contribution is 7.13. The van der Waals surface area contributed by atoms with E-state index in [4.69, 9.17) is 24.3 Å². The molecule has 2 aliphatic rings. The third kappa shape index (κ3) is 14.9. The zero-order chi connectivity index (χ0) is 55.3. The van der Waals surface area contributed by atoms with E-state index in [0.29, 0.717) is 5.69 Å². The van der Waals surface area contributed by atoms with Crippen molar-refractivity contribution >= 4 is 57.5 Å². The summed E-state index contributed by atoms with van der Waals surface area (Å²) in [5, 5.41) is 27.5. The second kappa shape index (κ2) is 26.5. The summed E-state index contributed by atoms with van der Waals surface area (Å²) < 4.78 is 17.0. The van der Waals surface area contributed by atoms with Crippen LogP contribution in [0.2, 0.25) is 0 Å². The number of aromatic amines is 1. The molecule has 78 heavy (non-hydrogen) atoms. The lowest BCUT2D eigenvalue weighted by Crippen LogP contribution is -2.57. The first-order valence-electron chi connectivity index (χ1n) is 26.5. The number of carbonyl (C=O) groups is 4. The number of thiazole rings is 1. The molecule has 0 bridgehead atoms. The predicted molar refractivity (Wildman–Crippen MR) is 303 cm³/mol. The Hall–Kier alpha value is -7.07. The number of hydrazone groups is 1. The fraction of sp³-hybridized carbons (Fsp3) is 0.431. The van der Waals surface area contributed by atoms with Gasteiger partial charge in [0.2, 0.25) is 17.7 Å². The number of aliphatic hydroxyl groups is 1. The van der Waals surface area contributed by atoms with Crippen LogP contribution in [0.25, 0.3) is 32.7 Å². The second-order valence-electron chi connectivity index (χ2n) is 21.1. The van der Waals surface area contributed by atoms with E-state index in [1.165, 1.54) is 15.4 Å². The molecule has 6 aromatic rings. The van der Waals surface area contributed by atoms with Crippen LogP contribution in [0.1, 0.15) is 68.7 Å². The monoisotopic (exact) mass is 1080 g/mol. The molecule has 0 radical (unpaired) electrons. The summed E-state index contributed by atoms with van der Waals surface area (Å²) >= 11 is 1.54. The number of anilines is 1. The number of benzene rings is 3. The number of hydrogen-bond donors (Lipinski definition) is 5. The van der Waals surface area contributed by atoms with Gasteiger partial charge in [-0.25, -0.2) is 9.78 Å². The molecule has 5 heterocycles. The normalized spacial score (nSPS) is 16.9. The highest BCUT2D eigenvalue weighted by atomic mass is 32.1. The maximum Gasteiger partial charge on any atom is 0.323 e. The minimum Gasteiger partial charge on any atom is -0.391 e. The van der Waals surface area contributed by atoms with Gasteiger partial charge in [-0.3, -0.25) is 24.4 Å². The van der Waals surface area contributed by atoms with Crippen LogP contribution in [0.4, 0.5) is 10.5 Å². The van der Waals surface area contributed by atoms with Crippen LogP contribution in [-0.2, 0) is 41.7 Å². The highest BCUT2D eigenvalue weighted by Crippen LogP contribution is 2.36. The molecule has 3 aromatic carbocycles. The SMILES string of the molecule is CCN1CC(c2ccnc3[nH]c(-c4cccc(CN(C)C)c4)cc23)C(c2ccc(NC(=O)N(C)COCCOCCOCCC(=O)NC(C(=O)N3CC(O)CC3C(=O)NCc3ccc(-c4cncs4)cc3)C(C)(C)C)cc2)=N1. The number of urea groups is 1. The number of fused-ring (bicyclic) bond motifs is 1. The standard InChI is InChI=1S/C58H73N11O8S/c1-8-68-35-47(45-20-22-60-54-46(45)30-48(63-54)42-11-9-10-39(28-42)33-66(5)6)52(65-68)41-16-18-43(19-17-41)62-57(74)67(7)37-77-27-26-76-25-24-75-23-21-51(71)64-53(58(2,3)4)56(73)69-34-44(70)29-49(69)55(72)61-31-38-12-14-40(15-13-38)50-32-59-36-78-50/h9-20,22,28,30,32,36,44,47,49,53,70H,8,21,23-27,29,31,33-35,37H2,1-7H3,(H,60,63)(H,61,72)(H,62,74)(H,64,71). The van der Waals surface area contributed by atoms with Crippen molar-refractivity contribution in [3.8, 4) is 21.7 Å². The van der Waals surface area contributed by atoms with Crippen LogP contribution in [0, 0.1) is 5.41 Å². The number of likely N-dealkylation sites (tertiary alicyclic amines) is 1. The minimum absolute atomic E-state index is 0.00239. The Bertz CT molecular complexity index is 3000. The van der Waals surface area contributed by atoms with Gasteiger partial charge < -0.3 is 55.0 Å². The molecule has 1 saturated heterocycles. The van der Waals surface area contributed by atoms with Gasteiger partial charge in [-0.2, -0.15) is 5.10 Å². The number of aromatic nitrogens is 3. The van der Waals surface area contributed by atoms with Gasteiger partial charge in [-0.1, -0.05) is 75.4 Å². The van der Waals surface area contributed by atoms with E-state index >= 15 is 0 Å². The van der Waals surface area contributed by atoms with Crippen molar-refractivity contribution in [2.24, 2.45) is 10.5 Å². The van der Waals surface area contributed by atoms with Gasteiger partial charge in [-0.15, -0.1) is 11.3 Å². The quantitative estimate of drug-likeness (QED) is 0.0309. The summed E-state index contributed by atoms with van der Waals surface area (Å²) in [4.78, 5) is 72.0. The number of hydrogen-bond acceptors (Lipinski definition) is 14. The number of carbonyl (C=O) groups excluding carboxylic acids is 4. The van der Waals surface area contributed by atoms with Crippen molar-refractivity contribution in [1.82, 2.24) is 45.3 Å². The summed E-state index contributed by atoms with van der Waals surface area (Å²) in [6.07, 6.45) is 2.89. The van der Waals surface area contributed by atoms with E-state index in [1.54, 1.807) is 30.1 Å².